The van der Waals surface area contributed by atoms with Crippen LogP contribution in [-0.2, 0) is 21.1 Å². The number of nitrogens with one attached hydrogen (secondary N) is 2. The molecule has 7 heteroatoms. The molecule has 2 N–H and O–H groups in total. The van der Waals surface area contributed by atoms with Crippen LogP contribution >= 0.6 is 12.4 Å². The average Bonchev–Trinajstić information content (AvgIpc) is 2.99. The lowest BCUT2D eigenvalue weighted by atomic mass is 10.1. The first-order chi connectivity index (χ1) is 9.54. The largest absolute Gasteiger partial charge is 0.326 e. The summed E-state index contributed by atoms with van der Waals surface area (Å²) in [6, 6.07) is 5.40. The molecule has 0 aliphatic carbocycles. The van der Waals surface area contributed by atoms with E-state index in [-0.39, 0.29) is 30.1 Å². The normalized spacial score (nSPS) is 22.4. The minimum atomic E-state index is -3.15. The van der Waals surface area contributed by atoms with Crippen LogP contribution in [0.1, 0.15) is 24.8 Å². The number of hydrogen-bond donors (Lipinski definition) is 2. The predicted octanol–water partition coefficient (Wildman–Crippen LogP) is 1.52. The van der Waals surface area contributed by atoms with Crippen molar-refractivity contribution in [2.45, 2.75) is 36.6 Å². The van der Waals surface area contributed by atoms with Gasteiger partial charge in [0.25, 0.3) is 0 Å². The Kier molecular flexibility index (Phi) is 4.91. The van der Waals surface area contributed by atoms with Crippen LogP contribution in [0.4, 0.5) is 5.69 Å². The fraction of sp³-hybridized carbons (Fsp3) is 0.500. The molecule has 0 saturated carbocycles. The maximum absolute atomic E-state index is 11.9. The van der Waals surface area contributed by atoms with Gasteiger partial charge in [-0.25, -0.2) is 8.42 Å². The van der Waals surface area contributed by atoms with Crippen molar-refractivity contribution in [1.29, 1.82) is 0 Å². The summed E-state index contributed by atoms with van der Waals surface area (Å²) >= 11 is 0. The first-order valence-electron chi connectivity index (χ1n) is 6.93. The molecule has 0 radical (unpaired) electrons. The first-order valence-corrected chi connectivity index (χ1v) is 8.59. The zero-order valence-corrected chi connectivity index (χ0v) is 13.2. The number of carbonyl (C=O) groups excluding carboxylic acids is 1. The number of carbonyl (C=O) groups is 1. The van der Waals surface area contributed by atoms with E-state index in [1.54, 1.807) is 18.2 Å². The molecule has 1 fully saturated rings. The van der Waals surface area contributed by atoms with Crippen molar-refractivity contribution in [2.75, 3.05) is 17.6 Å². The van der Waals surface area contributed by atoms with Gasteiger partial charge in [0.15, 0.2) is 9.84 Å². The molecule has 1 amide bonds. The Hall–Kier alpha value is -1.11. The lowest BCUT2D eigenvalue weighted by Gasteiger charge is -2.11. The van der Waals surface area contributed by atoms with Gasteiger partial charge in [-0.15, -0.1) is 12.4 Å². The van der Waals surface area contributed by atoms with Crippen molar-refractivity contribution < 1.29 is 13.2 Å². The van der Waals surface area contributed by atoms with E-state index in [4.69, 9.17) is 0 Å². The first kappa shape index (κ1) is 16.3. The Bertz CT molecular complexity index is 640. The maximum atomic E-state index is 11.9. The van der Waals surface area contributed by atoms with Crippen LogP contribution in [-0.4, -0.2) is 32.7 Å². The molecule has 21 heavy (non-hydrogen) atoms. The monoisotopic (exact) mass is 330 g/mol. The highest BCUT2D eigenvalue weighted by atomic mass is 35.5. The molecule has 2 aliphatic rings. The van der Waals surface area contributed by atoms with Gasteiger partial charge >= 0.3 is 0 Å². The molecule has 0 bridgehead atoms. The van der Waals surface area contributed by atoms with Gasteiger partial charge in [-0.3, -0.25) is 4.79 Å². The zero-order chi connectivity index (χ0) is 14.2. The lowest BCUT2D eigenvalue weighted by molar-refractivity contribution is -0.116. The minimum absolute atomic E-state index is 0. The summed E-state index contributed by atoms with van der Waals surface area (Å²) in [5.41, 5.74) is 1.41. The molecule has 1 saturated heterocycles. The molecule has 5 nitrogen and oxygen atoms in total. The quantitative estimate of drug-likeness (QED) is 0.881. The van der Waals surface area contributed by atoms with Gasteiger partial charge in [-0.2, -0.15) is 0 Å². The predicted molar refractivity (Wildman–Crippen MR) is 83.7 cm³/mol. The second-order valence-corrected chi connectivity index (χ2v) is 7.51. The van der Waals surface area contributed by atoms with E-state index >= 15 is 0 Å². The second kappa shape index (κ2) is 6.34. The summed E-state index contributed by atoms with van der Waals surface area (Å²) in [4.78, 5) is 12.3. The van der Waals surface area contributed by atoms with Gasteiger partial charge in [0.2, 0.25) is 5.91 Å². The third kappa shape index (κ3) is 3.56. The highest BCUT2D eigenvalue weighted by molar-refractivity contribution is 7.91. The number of amides is 1. The Balaban J connectivity index is 0.00000161. The molecule has 1 unspecified atom stereocenters. The van der Waals surface area contributed by atoms with Crippen molar-refractivity contribution in [3.63, 3.8) is 0 Å². The van der Waals surface area contributed by atoms with Crippen molar-refractivity contribution in [2.24, 2.45) is 0 Å². The number of rotatable bonds is 3. The molecule has 116 valence electrons. The summed E-state index contributed by atoms with van der Waals surface area (Å²) in [6.07, 6.45) is 3.13. The maximum Gasteiger partial charge on any atom is 0.225 e. The van der Waals surface area contributed by atoms with E-state index in [9.17, 15) is 13.2 Å². The second-order valence-electron chi connectivity index (χ2n) is 5.44. The summed E-state index contributed by atoms with van der Waals surface area (Å²) in [5.74, 6) is 0.103. The van der Waals surface area contributed by atoms with Crippen molar-refractivity contribution in [3.05, 3.63) is 23.8 Å². The van der Waals surface area contributed by atoms with E-state index in [2.05, 4.69) is 10.6 Å². The smallest absolute Gasteiger partial charge is 0.225 e. The molecule has 1 atom stereocenters. The highest BCUT2D eigenvalue weighted by Gasteiger charge is 2.26. The van der Waals surface area contributed by atoms with E-state index in [1.807, 2.05) is 0 Å². The number of halogens is 1. The van der Waals surface area contributed by atoms with Crippen LogP contribution in [0, 0.1) is 0 Å². The lowest BCUT2D eigenvalue weighted by Crippen LogP contribution is -2.27. The minimum Gasteiger partial charge on any atom is -0.326 e. The highest BCUT2D eigenvalue weighted by Crippen LogP contribution is 2.28. The van der Waals surface area contributed by atoms with Crippen LogP contribution in [0.3, 0.4) is 0 Å². The van der Waals surface area contributed by atoms with Crippen LogP contribution in [0.5, 0.6) is 0 Å². The van der Waals surface area contributed by atoms with E-state index in [0.29, 0.717) is 23.4 Å². The topological polar surface area (TPSA) is 75.3 Å². The van der Waals surface area contributed by atoms with E-state index < -0.39 is 9.84 Å². The van der Waals surface area contributed by atoms with Gasteiger partial charge in [0.1, 0.15) is 0 Å². The Morgan fingerprint density at radius 1 is 1.38 bits per heavy atom. The number of fused-ring (bicyclic) bond motifs is 1. The van der Waals surface area contributed by atoms with Crippen LogP contribution < -0.4 is 10.6 Å². The third-order valence-corrected chi connectivity index (χ3v) is 5.71. The van der Waals surface area contributed by atoms with Crippen LogP contribution in [0.15, 0.2) is 23.1 Å². The zero-order valence-electron chi connectivity index (χ0n) is 11.6. The fourth-order valence-corrected chi connectivity index (χ4v) is 4.43. The Morgan fingerprint density at radius 3 is 2.90 bits per heavy atom. The van der Waals surface area contributed by atoms with E-state index in [1.165, 1.54) is 0 Å². The molecule has 0 spiro atoms. The fourth-order valence-electron chi connectivity index (χ4n) is 2.85. The van der Waals surface area contributed by atoms with Crippen LogP contribution in [0.25, 0.3) is 0 Å². The summed E-state index contributed by atoms with van der Waals surface area (Å²) < 4.78 is 23.7. The molecule has 0 aromatic heterocycles. The molecule has 2 heterocycles. The van der Waals surface area contributed by atoms with E-state index in [0.717, 1.165) is 24.9 Å². The van der Waals surface area contributed by atoms with Gasteiger partial charge in [-0.1, -0.05) is 6.07 Å². The Morgan fingerprint density at radius 2 is 2.19 bits per heavy atom. The molecule has 1 aromatic rings. The van der Waals surface area contributed by atoms with Gasteiger partial charge in [0.05, 0.1) is 10.6 Å². The van der Waals surface area contributed by atoms with Crippen LogP contribution in [0.2, 0.25) is 0 Å². The van der Waals surface area contributed by atoms with Gasteiger partial charge < -0.3 is 10.6 Å². The van der Waals surface area contributed by atoms with Crippen molar-refractivity contribution in [3.8, 4) is 0 Å². The SMILES string of the molecule is Cl.O=C(CC1CCCN1)Nc1ccc2c(c1)S(=O)(=O)CC2. The number of benzene rings is 1. The van der Waals surface area contributed by atoms with Gasteiger partial charge in [0, 0.05) is 18.2 Å². The summed E-state index contributed by atoms with van der Waals surface area (Å²) in [5, 5.41) is 6.06. The summed E-state index contributed by atoms with van der Waals surface area (Å²) in [6.45, 7) is 0.967. The summed E-state index contributed by atoms with van der Waals surface area (Å²) in [7, 11) is -3.15. The standard InChI is InChI=1S/C14H18N2O3S.ClH/c17-14(9-11-2-1-6-15-11)16-12-4-3-10-5-7-20(18,19)13(10)8-12;/h3-4,8,11,15H,1-2,5-7,9H2,(H,16,17);1H. The molecule has 1 aromatic carbocycles. The Labute approximate surface area is 130 Å². The number of aryl methyl sites for hydroxylation is 1. The molecular weight excluding hydrogens is 312 g/mol. The van der Waals surface area contributed by atoms with Crippen molar-refractivity contribution >= 4 is 33.8 Å². The van der Waals surface area contributed by atoms with Crippen molar-refractivity contribution in [1.82, 2.24) is 5.32 Å². The number of anilines is 1. The van der Waals surface area contributed by atoms with Gasteiger partial charge in [-0.05, 0) is 43.5 Å². The molecule has 3 rings (SSSR count). The molecular formula is C14H19ClN2O3S. The molecule has 2 aliphatic heterocycles. The number of hydrogen-bond acceptors (Lipinski definition) is 4. The average molecular weight is 331 g/mol. The third-order valence-electron chi connectivity index (χ3n) is 3.92. The number of sulfone groups is 1.